The fraction of sp³-hybridized carbons (Fsp3) is 0.500. The molecule has 0 spiro atoms. The zero-order valence-corrected chi connectivity index (χ0v) is 18.8. The molecule has 1 saturated heterocycles. The van der Waals surface area contributed by atoms with Gasteiger partial charge in [-0.15, -0.1) is 0 Å². The van der Waals surface area contributed by atoms with Crippen molar-refractivity contribution in [2.24, 2.45) is 11.5 Å². The summed E-state index contributed by atoms with van der Waals surface area (Å²) in [5.41, 5.74) is 6.19. The van der Waals surface area contributed by atoms with Gasteiger partial charge >= 0.3 is 17.9 Å². The van der Waals surface area contributed by atoms with E-state index in [2.05, 4.69) is 0 Å². The zero-order chi connectivity index (χ0) is 24.9. The number of carbonyl (C=O) groups excluding carboxylic acids is 5. The molecule has 0 bridgehead atoms. The molecule has 1 aromatic carbocycles. The smallest absolute Gasteiger partial charge is 0.361 e. The number of nitrogens with two attached hydrogens (primary N) is 2. The summed E-state index contributed by atoms with van der Waals surface area (Å²) in [7, 11) is 0. The van der Waals surface area contributed by atoms with Crippen molar-refractivity contribution in [1.82, 2.24) is 5.32 Å². The van der Waals surface area contributed by atoms with Crippen LogP contribution in [0.5, 0.6) is 0 Å². The predicted molar refractivity (Wildman–Crippen MR) is 114 cm³/mol. The summed E-state index contributed by atoms with van der Waals surface area (Å²) >= 11 is 0. The molecule has 0 aromatic heterocycles. The lowest BCUT2D eigenvalue weighted by Crippen LogP contribution is -2.62. The molecule has 180 valence electrons. The van der Waals surface area contributed by atoms with Crippen molar-refractivity contribution in [1.29, 1.82) is 0 Å². The van der Waals surface area contributed by atoms with Gasteiger partial charge in [-0.2, -0.15) is 0 Å². The molecule has 2 atom stereocenters. The van der Waals surface area contributed by atoms with Gasteiger partial charge in [0, 0.05) is 0 Å². The summed E-state index contributed by atoms with van der Waals surface area (Å²) in [6.45, 7) is 4.58. The molecule has 1 aliphatic rings. The van der Waals surface area contributed by atoms with E-state index in [9.17, 15) is 24.0 Å². The Balaban J connectivity index is 2.32. The summed E-state index contributed by atoms with van der Waals surface area (Å²) in [5.74, 6) is -5.85. The van der Waals surface area contributed by atoms with Gasteiger partial charge in [0.2, 0.25) is 11.4 Å². The molecular formula is C22H29N3O8. The second kappa shape index (κ2) is 10.1. The summed E-state index contributed by atoms with van der Waals surface area (Å²) in [5, 5.41) is 1.92. The molecule has 0 radical (unpaired) electrons. The molecule has 2 rings (SSSR count). The number of nitrogens with one attached hydrogen (secondary N) is 1. The Hall–Kier alpha value is -3.31. The molecular weight excluding hydrogens is 434 g/mol. The first-order chi connectivity index (χ1) is 15.3. The second-order valence-electron chi connectivity index (χ2n) is 8.70. The van der Waals surface area contributed by atoms with Crippen LogP contribution < -0.4 is 16.8 Å². The van der Waals surface area contributed by atoms with Gasteiger partial charge in [-0.3, -0.25) is 14.9 Å². The van der Waals surface area contributed by atoms with Crippen molar-refractivity contribution in [2.75, 3.05) is 6.54 Å². The molecule has 5 N–H and O–H groups in total. The van der Waals surface area contributed by atoms with Crippen molar-refractivity contribution in [3.05, 3.63) is 35.9 Å². The molecule has 0 saturated carbocycles. The average molecular weight is 463 g/mol. The van der Waals surface area contributed by atoms with Crippen molar-refractivity contribution in [2.45, 2.75) is 63.4 Å². The SMILES string of the molecule is CC(C)(C)OC(=O)C(N)(CCCN)C(=O)O[C@]1(C(=O)OCc2ccccc2)CC(=O)NC1=O. The van der Waals surface area contributed by atoms with Crippen LogP contribution >= 0.6 is 0 Å². The second-order valence-corrected chi connectivity index (χ2v) is 8.70. The highest BCUT2D eigenvalue weighted by Gasteiger charge is 2.61. The summed E-state index contributed by atoms with van der Waals surface area (Å²) in [6.07, 6.45) is -0.949. The van der Waals surface area contributed by atoms with Crippen molar-refractivity contribution in [3.8, 4) is 0 Å². The Morgan fingerprint density at radius 3 is 2.24 bits per heavy atom. The first-order valence-corrected chi connectivity index (χ1v) is 10.4. The minimum Gasteiger partial charge on any atom is -0.458 e. The average Bonchev–Trinajstić information content (AvgIpc) is 3.03. The Morgan fingerprint density at radius 2 is 1.73 bits per heavy atom. The van der Waals surface area contributed by atoms with Crippen LogP contribution in [0.15, 0.2) is 30.3 Å². The van der Waals surface area contributed by atoms with Crippen molar-refractivity contribution >= 4 is 29.7 Å². The quantitative estimate of drug-likeness (QED) is 0.193. The van der Waals surface area contributed by atoms with Gasteiger partial charge < -0.3 is 25.7 Å². The lowest BCUT2D eigenvalue weighted by Gasteiger charge is -2.32. The van der Waals surface area contributed by atoms with E-state index in [1.807, 2.05) is 5.32 Å². The summed E-state index contributed by atoms with van der Waals surface area (Å²) < 4.78 is 15.6. The number of hydrogen-bond donors (Lipinski definition) is 3. The molecule has 1 fully saturated rings. The maximum Gasteiger partial charge on any atom is 0.361 e. The Labute approximate surface area is 191 Å². The summed E-state index contributed by atoms with van der Waals surface area (Å²) in [6, 6.07) is 8.53. The van der Waals surface area contributed by atoms with Crippen LogP contribution in [-0.2, 0) is 44.8 Å². The van der Waals surface area contributed by atoms with Gasteiger partial charge in [0.15, 0.2) is 0 Å². The molecule has 1 unspecified atom stereocenters. The predicted octanol–water partition coefficient (Wildman–Crippen LogP) is -0.164. The Kier molecular flexibility index (Phi) is 7.93. The lowest BCUT2D eigenvalue weighted by molar-refractivity contribution is -0.193. The molecule has 1 heterocycles. The fourth-order valence-corrected chi connectivity index (χ4v) is 2.99. The highest BCUT2D eigenvalue weighted by Crippen LogP contribution is 2.29. The van der Waals surface area contributed by atoms with E-state index in [1.165, 1.54) is 0 Å². The van der Waals surface area contributed by atoms with Crippen LogP contribution in [0.2, 0.25) is 0 Å². The lowest BCUT2D eigenvalue weighted by atomic mass is 9.93. The highest BCUT2D eigenvalue weighted by atomic mass is 16.6. The molecule has 11 heteroatoms. The monoisotopic (exact) mass is 463 g/mol. The van der Waals surface area contributed by atoms with Crippen molar-refractivity contribution in [3.63, 3.8) is 0 Å². The van der Waals surface area contributed by atoms with E-state index in [0.717, 1.165) is 0 Å². The number of esters is 3. The van der Waals surface area contributed by atoms with Crippen LogP contribution in [0.1, 0.15) is 45.6 Å². The van der Waals surface area contributed by atoms with Gasteiger partial charge in [0.25, 0.3) is 11.5 Å². The van der Waals surface area contributed by atoms with E-state index in [0.29, 0.717) is 5.56 Å². The van der Waals surface area contributed by atoms with Crippen molar-refractivity contribution < 1.29 is 38.2 Å². The van der Waals surface area contributed by atoms with Gasteiger partial charge in [0.05, 0.1) is 6.42 Å². The molecule has 11 nitrogen and oxygen atoms in total. The fourth-order valence-electron chi connectivity index (χ4n) is 2.99. The van der Waals surface area contributed by atoms with Gasteiger partial charge in [-0.1, -0.05) is 30.3 Å². The van der Waals surface area contributed by atoms with Gasteiger partial charge in [0.1, 0.15) is 12.2 Å². The van der Waals surface area contributed by atoms with Crippen LogP contribution in [-0.4, -0.2) is 53.0 Å². The van der Waals surface area contributed by atoms with Crippen LogP contribution in [0.25, 0.3) is 0 Å². The Bertz CT molecular complexity index is 927. The normalized spacial score (nSPS) is 19.9. The topological polar surface area (TPSA) is 177 Å². The van der Waals surface area contributed by atoms with Gasteiger partial charge in [-0.05, 0) is 45.7 Å². The third kappa shape index (κ3) is 6.14. The van der Waals surface area contributed by atoms with Crippen LogP contribution in [0.3, 0.4) is 0 Å². The highest BCUT2D eigenvalue weighted by molar-refractivity contribution is 6.20. The molecule has 33 heavy (non-hydrogen) atoms. The van der Waals surface area contributed by atoms with E-state index >= 15 is 0 Å². The minimum atomic E-state index is -2.63. The first kappa shape index (κ1) is 25.9. The van der Waals surface area contributed by atoms with Crippen LogP contribution in [0, 0.1) is 0 Å². The number of amides is 2. The third-order valence-electron chi connectivity index (χ3n) is 4.74. The number of imide groups is 1. The number of ether oxygens (including phenoxy) is 3. The first-order valence-electron chi connectivity index (χ1n) is 10.4. The number of benzene rings is 1. The van der Waals surface area contributed by atoms with E-state index in [1.54, 1.807) is 51.1 Å². The van der Waals surface area contributed by atoms with E-state index in [-0.39, 0.29) is 26.0 Å². The summed E-state index contributed by atoms with van der Waals surface area (Å²) in [4.78, 5) is 63.2. The number of rotatable bonds is 9. The van der Waals surface area contributed by atoms with E-state index in [4.69, 9.17) is 25.7 Å². The Morgan fingerprint density at radius 1 is 1.09 bits per heavy atom. The molecule has 2 amide bonds. The van der Waals surface area contributed by atoms with Crippen LogP contribution in [0.4, 0.5) is 0 Å². The molecule has 1 aromatic rings. The van der Waals surface area contributed by atoms with E-state index < -0.39 is 52.9 Å². The minimum absolute atomic E-state index is 0.0955. The molecule has 1 aliphatic heterocycles. The standard InChI is InChI=1S/C22H29N3O8/c1-20(2,3)32-17(28)21(24,10-7-11-23)18(29)33-22(12-15(26)25-16(22)27)19(30)31-13-14-8-5-4-6-9-14/h4-6,8-9H,7,10-13,23-24H2,1-3H3,(H,25,26,27)/t21?,22-/m1/s1. The number of hydrogen-bond acceptors (Lipinski definition) is 10. The third-order valence-corrected chi connectivity index (χ3v) is 4.74. The largest absolute Gasteiger partial charge is 0.458 e. The number of carbonyl (C=O) groups is 5. The maximum absolute atomic E-state index is 13.1. The molecule has 0 aliphatic carbocycles. The van der Waals surface area contributed by atoms with Gasteiger partial charge in [-0.25, -0.2) is 14.4 Å². The maximum atomic E-state index is 13.1. The zero-order valence-electron chi connectivity index (χ0n) is 18.8.